The summed E-state index contributed by atoms with van der Waals surface area (Å²) >= 11 is 0. The van der Waals surface area contributed by atoms with E-state index in [4.69, 9.17) is 14.2 Å². The molecule has 2 fully saturated rings. The fraction of sp³-hybridized carbons (Fsp3) is 0.714. The Hall–Kier alpha value is -2.00. The maximum Gasteiger partial charge on any atom is 0.321 e. The molecule has 0 spiro atoms. The number of methoxy groups -OCH3 is 1. The zero-order chi connectivity index (χ0) is 16.1. The van der Waals surface area contributed by atoms with E-state index < -0.39 is 0 Å². The molecule has 1 amide bonds. The average Bonchev–Trinajstić information content (AvgIpc) is 3.15. The second kappa shape index (κ2) is 7.51. The summed E-state index contributed by atoms with van der Waals surface area (Å²) in [5.41, 5.74) is 0. The largest absolute Gasteiger partial charge is 0.467 e. The molecule has 9 heteroatoms. The van der Waals surface area contributed by atoms with Gasteiger partial charge in [0.15, 0.2) is 5.82 Å². The number of amides is 1. The van der Waals surface area contributed by atoms with Crippen LogP contribution in [0, 0.1) is 5.92 Å². The summed E-state index contributed by atoms with van der Waals surface area (Å²) in [4.78, 5) is 27.0. The van der Waals surface area contributed by atoms with E-state index in [1.165, 1.54) is 7.11 Å². The van der Waals surface area contributed by atoms with Crippen LogP contribution in [0.3, 0.4) is 0 Å². The van der Waals surface area contributed by atoms with Crippen molar-refractivity contribution in [1.82, 2.24) is 20.3 Å². The van der Waals surface area contributed by atoms with E-state index in [1.54, 1.807) is 0 Å². The van der Waals surface area contributed by atoms with Gasteiger partial charge < -0.3 is 24.4 Å². The first-order valence-corrected chi connectivity index (χ1v) is 7.73. The van der Waals surface area contributed by atoms with E-state index >= 15 is 0 Å². The van der Waals surface area contributed by atoms with Gasteiger partial charge in [0, 0.05) is 19.7 Å². The molecule has 0 aliphatic carbocycles. The van der Waals surface area contributed by atoms with Crippen LogP contribution in [0.1, 0.15) is 12.2 Å². The van der Waals surface area contributed by atoms with Crippen LogP contribution in [0.2, 0.25) is 0 Å². The molecule has 1 aromatic rings. The molecule has 1 aromatic heterocycles. The number of morpholine rings is 1. The maximum absolute atomic E-state index is 12.0. The number of rotatable bonds is 5. The normalized spacial score (nSPS) is 21.3. The Morgan fingerprint density at radius 2 is 2.09 bits per heavy atom. The first-order chi connectivity index (χ1) is 11.3. The van der Waals surface area contributed by atoms with Gasteiger partial charge in [-0.05, 0) is 6.42 Å². The lowest BCUT2D eigenvalue weighted by molar-refractivity contribution is -0.125. The van der Waals surface area contributed by atoms with Crippen molar-refractivity contribution in [2.75, 3.05) is 51.5 Å². The molecule has 3 rings (SSSR count). The first kappa shape index (κ1) is 15.9. The molecule has 0 bridgehead atoms. The zero-order valence-electron chi connectivity index (χ0n) is 13.2. The average molecular weight is 323 g/mol. The van der Waals surface area contributed by atoms with Gasteiger partial charge >= 0.3 is 6.01 Å². The lowest BCUT2D eigenvalue weighted by Gasteiger charge is -2.26. The lowest BCUT2D eigenvalue weighted by atomic mass is 10.1. The predicted octanol–water partition coefficient (Wildman–Crippen LogP) is -0.630. The van der Waals surface area contributed by atoms with Crippen molar-refractivity contribution >= 4 is 11.9 Å². The smallest absolute Gasteiger partial charge is 0.321 e. The zero-order valence-corrected chi connectivity index (χ0v) is 13.2. The topological polar surface area (TPSA) is 98.7 Å². The summed E-state index contributed by atoms with van der Waals surface area (Å²) < 4.78 is 15.7. The minimum atomic E-state index is -0.0857. The Morgan fingerprint density at radius 1 is 1.26 bits per heavy atom. The van der Waals surface area contributed by atoms with E-state index in [9.17, 15) is 4.79 Å². The molecule has 2 aliphatic rings. The number of hydrogen-bond donors (Lipinski definition) is 1. The van der Waals surface area contributed by atoms with E-state index in [1.807, 2.05) is 4.90 Å². The molecule has 0 saturated carbocycles. The molecule has 1 atom stereocenters. The van der Waals surface area contributed by atoms with Gasteiger partial charge in [-0.15, -0.1) is 0 Å². The number of nitrogens with zero attached hydrogens (tertiary/aromatic N) is 4. The fourth-order valence-corrected chi connectivity index (χ4v) is 2.51. The maximum atomic E-state index is 12.0. The number of carbonyl (C=O) groups excluding carboxylic acids is 1. The number of nitrogens with one attached hydrogen (secondary N) is 1. The molecule has 1 N–H and O–H groups in total. The second-order valence-electron chi connectivity index (χ2n) is 5.42. The van der Waals surface area contributed by atoms with Crippen LogP contribution in [0.4, 0.5) is 5.95 Å². The predicted molar refractivity (Wildman–Crippen MR) is 80.2 cm³/mol. The Bertz CT molecular complexity index is 544. The van der Waals surface area contributed by atoms with Crippen molar-refractivity contribution in [1.29, 1.82) is 0 Å². The highest BCUT2D eigenvalue weighted by Crippen LogP contribution is 2.15. The third-order valence-corrected chi connectivity index (χ3v) is 3.85. The second-order valence-corrected chi connectivity index (χ2v) is 5.42. The van der Waals surface area contributed by atoms with Crippen LogP contribution in [-0.4, -0.2) is 67.5 Å². The third-order valence-electron chi connectivity index (χ3n) is 3.85. The molecule has 3 heterocycles. The number of aromatic nitrogens is 3. The van der Waals surface area contributed by atoms with Gasteiger partial charge in [0.1, 0.15) is 0 Å². The van der Waals surface area contributed by atoms with Crippen LogP contribution >= 0.6 is 0 Å². The molecule has 2 aliphatic heterocycles. The van der Waals surface area contributed by atoms with Gasteiger partial charge in [0.05, 0.1) is 39.4 Å². The van der Waals surface area contributed by atoms with Crippen LogP contribution in [0.15, 0.2) is 0 Å². The van der Waals surface area contributed by atoms with Crippen LogP contribution < -0.4 is 15.0 Å². The molecule has 9 nitrogen and oxygen atoms in total. The molecule has 0 unspecified atom stereocenters. The van der Waals surface area contributed by atoms with E-state index in [-0.39, 0.29) is 24.4 Å². The fourth-order valence-electron chi connectivity index (χ4n) is 2.51. The van der Waals surface area contributed by atoms with E-state index in [0.717, 1.165) is 19.5 Å². The Labute approximate surface area is 134 Å². The first-order valence-electron chi connectivity index (χ1n) is 7.73. The van der Waals surface area contributed by atoms with Gasteiger partial charge in [0.25, 0.3) is 0 Å². The van der Waals surface area contributed by atoms with Crippen molar-refractivity contribution in [3.8, 4) is 6.01 Å². The lowest BCUT2D eigenvalue weighted by Crippen LogP contribution is -2.38. The molecule has 23 heavy (non-hydrogen) atoms. The van der Waals surface area contributed by atoms with Gasteiger partial charge in [-0.1, -0.05) is 0 Å². The Balaban J connectivity index is 1.66. The molecule has 0 aromatic carbocycles. The van der Waals surface area contributed by atoms with Crippen molar-refractivity contribution in [2.24, 2.45) is 5.92 Å². The summed E-state index contributed by atoms with van der Waals surface area (Å²) in [5.74, 6) is 0.909. The van der Waals surface area contributed by atoms with Gasteiger partial charge in [0.2, 0.25) is 11.9 Å². The van der Waals surface area contributed by atoms with Crippen molar-refractivity contribution in [2.45, 2.75) is 13.0 Å². The van der Waals surface area contributed by atoms with Crippen molar-refractivity contribution < 1.29 is 19.0 Å². The highest BCUT2D eigenvalue weighted by Gasteiger charge is 2.23. The molecular weight excluding hydrogens is 302 g/mol. The minimum absolute atomic E-state index is 0.0326. The van der Waals surface area contributed by atoms with Gasteiger partial charge in [-0.25, -0.2) is 0 Å². The Morgan fingerprint density at radius 3 is 2.78 bits per heavy atom. The Kier molecular flexibility index (Phi) is 5.19. The minimum Gasteiger partial charge on any atom is -0.467 e. The molecular formula is C14H21N5O4. The number of carbonyl (C=O) groups is 1. The molecule has 0 radical (unpaired) electrons. The number of hydrogen-bond acceptors (Lipinski definition) is 8. The third kappa shape index (κ3) is 4.05. The summed E-state index contributed by atoms with van der Waals surface area (Å²) in [6, 6.07) is 0.245. The van der Waals surface area contributed by atoms with Crippen LogP contribution in [-0.2, 0) is 20.8 Å². The van der Waals surface area contributed by atoms with Gasteiger partial charge in [-0.3, -0.25) is 4.79 Å². The van der Waals surface area contributed by atoms with Crippen LogP contribution in [0.25, 0.3) is 0 Å². The number of anilines is 1. The van der Waals surface area contributed by atoms with Crippen molar-refractivity contribution in [3.63, 3.8) is 0 Å². The van der Waals surface area contributed by atoms with E-state index in [0.29, 0.717) is 38.2 Å². The van der Waals surface area contributed by atoms with Gasteiger partial charge in [-0.2, -0.15) is 15.0 Å². The van der Waals surface area contributed by atoms with Crippen molar-refractivity contribution in [3.05, 3.63) is 5.82 Å². The highest BCUT2D eigenvalue weighted by atomic mass is 16.5. The SMILES string of the molecule is COc1nc(CNC(=O)[C@H]2CCOC2)nc(N2CCOCC2)n1. The summed E-state index contributed by atoms with van der Waals surface area (Å²) in [5, 5.41) is 2.85. The number of ether oxygens (including phenoxy) is 3. The van der Waals surface area contributed by atoms with E-state index in [2.05, 4.69) is 20.3 Å². The molecule has 2 saturated heterocycles. The highest BCUT2D eigenvalue weighted by molar-refractivity contribution is 5.78. The van der Waals surface area contributed by atoms with Crippen LogP contribution in [0.5, 0.6) is 6.01 Å². The quantitative estimate of drug-likeness (QED) is 0.765. The monoisotopic (exact) mass is 323 g/mol. The summed E-state index contributed by atoms with van der Waals surface area (Å²) in [6.45, 7) is 4.08. The summed E-state index contributed by atoms with van der Waals surface area (Å²) in [7, 11) is 1.51. The molecule has 126 valence electrons. The standard InChI is InChI=1S/C14H21N5O4/c1-21-14-17-11(8-15-12(20)10-2-5-23-9-10)16-13(18-14)19-3-6-22-7-4-19/h10H,2-9H2,1H3,(H,15,20)/t10-/m0/s1. The summed E-state index contributed by atoms with van der Waals surface area (Å²) in [6.07, 6.45) is 0.755.